The number of hydrogen-bond acceptors (Lipinski definition) is 21. The van der Waals surface area contributed by atoms with Crippen LogP contribution in [0.5, 0.6) is 5.75 Å². The molecule has 0 spiro atoms. The van der Waals surface area contributed by atoms with E-state index in [1.54, 1.807) is 18.2 Å². The molecular weight excluding hydrogens is 850 g/mol. The second-order valence-electron chi connectivity index (χ2n) is 10.8. The number of anilines is 4. The van der Waals surface area contributed by atoms with E-state index in [-0.39, 0.29) is 34.1 Å². The minimum atomic E-state index is -5.02. The van der Waals surface area contributed by atoms with E-state index in [1.165, 1.54) is 37.4 Å². The van der Waals surface area contributed by atoms with Crippen LogP contribution in [0.3, 0.4) is 0 Å². The molecule has 0 bridgehead atoms. The zero-order chi connectivity index (χ0) is 42.0. The SMILES string of the molecule is CN(CCS(=O)(=O)CCOS(=O)(=O)O)c1nc(F)nc(Nc2cc(S(=O)(=O)O)cc(N=NC(=NNc3cc(SOOO)ccc3C(=O)O)c3ccccc3)c2O)n1. The monoisotopic (exact) mass is 877 g/mol. The quantitative estimate of drug-likeness (QED) is 0.0104. The Balaban J connectivity index is 1.67. The first-order chi connectivity index (χ1) is 26.7. The molecule has 0 aliphatic carbocycles. The van der Waals surface area contributed by atoms with Gasteiger partial charge in [0.15, 0.2) is 15.6 Å². The van der Waals surface area contributed by atoms with Gasteiger partial charge in [-0.3, -0.25) is 14.5 Å². The lowest BCUT2D eigenvalue weighted by molar-refractivity contribution is -0.432. The molecule has 4 rings (SSSR count). The third-order valence-electron chi connectivity index (χ3n) is 6.86. The van der Waals surface area contributed by atoms with Gasteiger partial charge in [-0.25, -0.2) is 22.7 Å². The van der Waals surface area contributed by atoms with Crippen molar-refractivity contribution in [3.05, 3.63) is 77.9 Å². The number of nitrogens with zero attached hydrogens (tertiary/aromatic N) is 7. The summed E-state index contributed by atoms with van der Waals surface area (Å²) in [5, 5.41) is 47.2. The summed E-state index contributed by atoms with van der Waals surface area (Å²) >= 11 is 0.526. The average molecular weight is 878 g/mol. The number of aromatic carboxylic acids is 1. The minimum absolute atomic E-state index is 0.0955. The van der Waals surface area contributed by atoms with E-state index in [9.17, 15) is 49.2 Å². The van der Waals surface area contributed by atoms with Crippen LogP contribution in [0.25, 0.3) is 0 Å². The molecule has 0 fully saturated rings. The molecule has 1 heterocycles. The number of benzene rings is 3. The van der Waals surface area contributed by atoms with E-state index in [2.05, 4.69) is 54.6 Å². The molecule has 306 valence electrons. The van der Waals surface area contributed by atoms with Gasteiger partial charge in [0.1, 0.15) is 5.69 Å². The van der Waals surface area contributed by atoms with Gasteiger partial charge < -0.3 is 20.4 Å². The topological polar surface area (TPSA) is 351 Å². The third-order valence-corrected chi connectivity index (χ3v) is 10.3. The molecule has 57 heavy (non-hydrogen) atoms. The van der Waals surface area contributed by atoms with Gasteiger partial charge in [-0.1, -0.05) is 35.4 Å². The van der Waals surface area contributed by atoms with E-state index < -0.39 is 94.4 Å². The van der Waals surface area contributed by atoms with Gasteiger partial charge in [0.05, 0.1) is 52.0 Å². The van der Waals surface area contributed by atoms with Crippen molar-refractivity contribution in [2.24, 2.45) is 15.3 Å². The summed E-state index contributed by atoms with van der Waals surface area (Å²) in [5.41, 5.74) is 1.27. The second-order valence-corrected chi connectivity index (χ2v) is 16.4. The average Bonchev–Trinajstić information content (AvgIpc) is 3.13. The number of phenols is 1. The zero-order valence-corrected chi connectivity index (χ0v) is 31.8. The van der Waals surface area contributed by atoms with Gasteiger partial charge in [0.25, 0.3) is 10.1 Å². The lowest BCUT2D eigenvalue weighted by Crippen LogP contribution is -2.29. The number of carbonyl (C=O) groups is 1. The van der Waals surface area contributed by atoms with Gasteiger partial charge in [0.2, 0.25) is 17.7 Å². The predicted octanol–water partition coefficient (Wildman–Crippen LogP) is 3.06. The molecule has 4 aromatic rings. The van der Waals surface area contributed by atoms with Crippen LogP contribution in [0, 0.1) is 6.08 Å². The lowest BCUT2D eigenvalue weighted by atomic mass is 10.2. The molecule has 0 saturated carbocycles. The number of sulfone groups is 1. The summed E-state index contributed by atoms with van der Waals surface area (Å²) < 4.78 is 112. The van der Waals surface area contributed by atoms with Gasteiger partial charge >= 0.3 is 22.4 Å². The Hall–Kier alpha value is -5.50. The van der Waals surface area contributed by atoms with E-state index in [0.717, 1.165) is 11.0 Å². The highest BCUT2D eigenvalue weighted by Crippen LogP contribution is 2.39. The highest BCUT2D eigenvalue weighted by atomic mass is 32.3. The van der Waals surface area contributed by atoms with Crippen molar-refractivity contribution >= 4 is 83.2 Å². The van der Waals surface area contributed by atoms with E-state index in [0.29, 0.717) is 18.1 Å². The molecule has 0 radical (unpaired) electrons. The lowest BCUT2D eigenvalue weighted by Gasteiger charge is -2.18. The smallest absolute Gasteiger partial charge is 0.397 e. The molecule has 0 unspecified atom stereocenters. The summed E-state index contributed by atoms with van der Waals surface area (Å²) in [4.78, 5) is 23.2. The van der Waals surface area contributed by atoms with Crippen molar-refractivity contribution in [3.63, 3.8) is 0 Å². The number of rotatable bonds is 19. The fraction of sp³-hybridized carbons (Fsp3) is 0.179. The molecule has 3 aromatic carbocycles. The molecule has 29 heteroatoms. The zero-order valence-electron chi connectivity index (χ0n) is 28.6. The predicted molar refractivity (Wildman–Crippen MR) is 196 cm³/mol. The van der Waals surface area contributed by atoms with Crippen LogP contribution in [-0.2, 0) is 43.9 Å². The molecular formula is C28H28FN9O15S4. The number of carboxylic acid groups (broad SMARTS) is 1. The fourth-order valence-corrected chi connectivity index (χ4v) is 6.62. The standard InChI is InChI=1S/C28H28FN9O15S4/c1-38(9-11-55(43,44)12-10-51-57(48,49)50)28-32-26(29)31-27(33-28)30-21-14-18(56(45,46)47)15-22(23(21)39)35-37-24(16-5-3-2-4-6-16)36-34-20-13-17(54-53-52-42)7-8-19(20)25(40)41/h2-8,13-15,34,39,42H,9-12H2,1H3,(H,40,41)(H,45,46,47)(H,48,49,50)(H,30,31,32,33). The van der Waals surface area contributed by atoms with Crippen molar-refractivity contribution < 1.29 is 72.6 Å². The summed E-state index contributed by atoms with van der Waals surface area (Å²) in [5.74, 6) is -5.00. The number of carboxylic acids is 1. The largest absolute Gasteiger partial charge is 0.504 e. The first kappa shape index (κ1) is 44.2. The molecule has 0 aliphatic heterocycles. The number of azo groups is 1. The Morgan fingerprint density at radius 1 is 0.965 bits per heavy atom. The van der Waals surface area contributed by atoms with Crippen molar-refractivity contribution in [2.75, 3.05) is 47.3 Å². The van der Waals surface area contributed by atoms with Gasteiger partial charge in [-0.15, -0.1) is 14.6 Å². The number of hydrogen-bond donors (Lipinski definition) is 7. The van der Waals surface area contributed by atoms with Crippen LogP contribution < -0.4 is 15.6 Å². The molecule has 0 atom stereocenters. The number of hydrazone groups is 1. The first-order valence-electron chi connectivity index (χ1n) is 15.1. The summed E-state index contributed by atoms with van der Waals surface area (Å²) in [7, 11) is -12.6. The summed E-state index contributed by atoms with van der Waals surface area (Å²) in [6, 6.07) is 13.1. The number of aromatic hydroxyl groups is 1. The molecule has 7 N–H and O–H groups in total. The molecule has 0 aliphatic rings. The third kappa shape index (κ3) is 13.6. The number of phenolic OH excluding ortho intramolecular Hbond substituents is 1. The minimum Gasteiger partial charge on any atom is -0.504 e. The van der Waals surface area contributed by atoms with Crippen LogP contribution in [0.2, 0.25) is 0 Å². The summed E-state index contributed by atoms with van der Waals surface area (Å²) in [6.07, 6.45) is -1.41. The number of amidine groups is 1. The highest BCUT2D eigenvalue weighted by molar-refractivity contribution is 7.94. The van der Waals surface area contributed by atoms with E-state index in [1.807, 2.05) is 0 Å². The molecule has 24 nitrogen and oxygen atoms in total. The van der Waals surface area contributed by atoms with Gasteiger partial charge in [-0.2, -0.15) is 41.3 Å². The van der Waals surface area contributed by atoms with Gasteiger partial charge in [0, 0.05) is 24.1 Å². The molecule has 0 amide bonds. The Kier molecular flexibility index (Phi) is 14.8. The Labute approximate surface area is 325 Å². The first-order valence-corrected chi connectivity index (χ1v) is 20.5. The van der Waals surface area contributed by atoms with Crippen molar-refractivity contribution in [1.82, 2.24) is 15.0 Å². The Morgan fingerprint density at radius 3 is 2.33 bits per heavy atom. The van der Waals surface area contributed by atoms with Gasteiger partial charge in [-0.05, 0) is 30.3 Å². The van der Waals surface area contributed by atoms with Crippen LogP contribution in [0.1, 0.15) is 15.9 Å². The maximum Gasteiger partial charge on any atom is 0.397 e. The maximum absolute atomic E-state index is 14.6. The fourth-order valence-electron chi connectivity index (χ4n) is 4.20. The molecule has 0 saturated heterocycles. The summed E-state index contributed by atoms with van der Waals surface area (Å²) in [6.45, 7) is -1.24. The van der Waals surface area contributed by atoms with E-state index >= 15 is 0 Å². The van der Waals surface area contributed by atoms with E-state index in [4.69, 9.17) is 9.81 Å². The number of aromatic nitrogens is 3. The van der Waals surface area contributed by atoms with Crippen molar-refractivity contribution in [1.29, 1.82) is 0 Å². The van der Waals surface area contributed by atoms with Crippen LogP contribution in [0.15, 0.2) is 85.8 Å². The van der Waals surface area contributed by atoms with Crippen molar-refractivity contribution in [3.8, 4) is 5.75 Å². The Bertz CT molecular complexity index is 2500. The number of nitrogens with one attached hydrogen (secondary N) is 2. The van der Waals surface area contributed by atoms with Crippen LogP contribution in [0.4, 0.5) is 33.3 Å². The maximum atomic E-state index is 14.6. The Morgan fingerprint density at radius 2 is 1.68 bits per heavy atom. The van der Waals surface area contributed by atoms with Crippen LogP contribution in [-0.4, -0.2) is 108 Å². The molecule has 1 aromatic heterocycles. The normalized spacial score (nSPS) is 12.5. The number of halogens is 1. The second kappa shape index (κ2) is 19.1. The van der Waals surface area contributed by atoms with Crippen LogP contribution >= 0.6 is 12.0 Å². The van der Waals surface area contributed by atoms with Crippen molar-refractivity contribution in [2.45, 2.75) is 9.79 Å². The highest BCUT2D eigenvalue weighted by Gasteiger charge is 2.21.